The van der Waals surface area contributed by atoms with Crippen molar-refractivity contribution in [3.63, 3.8) is 0 Å². The normalized spacial score (nSPS) is 10.0. The summed E-state index contributed by atoms with van der Waals surface area (Å²) in [4.78, 5) is 29.3. The molecule has 0 unspecified atom stereocenters. The van der Waals surface area contributed by atoms with Gasteiger partial charge >= 0.3 is 6.03 Å². The number of nitrogens with one attached hydrogen (secondary N) is 2. The molecule has 0 bridgehead atoms. The molecule has 1 aromatic heterocycles. The molecule has 0 aliphatic heterocycles. The van der Waals surface area contributed by atoms with Crippen molar-refractivity contribution in [1.82, 2.24) is 20.5 Å². The first-order valence-corrected chi connectivity index (χ1v) is 7.28. The monoisotopic (exact) mass is 312 g/mol. The van der Waals surface area contributed by atoms with E-state index in [1.807, 2.05) is 30.3 Å². The van der Waals surface area contributed by atoms with Gasteiger partial charge in [-0.05, 0) is 17.7 Å². The molecule has 0 saturated carbocycles. The van der Waals surface area contributed by atoms with E-state index in [4.69, 9.17) is 0 Å². The van der Waals surface area contributed by atoms with Crippen LogP contribution in [0.2, 0.25) is 0 Å². The third kappa shape index (κ3) is 5.10. The second-order valence-electron chi connectivity index (χ2n) is 5.26. The zero-order chi connectivity index (χ0) is 16.7. The van der Waals surface area contributed by atoms with Crippen LogP contribution < -0.4 is 10.6 Å². The standard InChI is InChI=1S/C17H20N4O2/c1-21(2)17(23)20-12-15-10-14(8-9-18-15)16(22)19-11-13-6-4-3-5-7-13/h3-10H,11-12H2,1-2H3,(H,19,22)(H,20,23). The zero-order valence-electron chi connectivity index (χ0n) is 13.2. The molecule has 0 saturated heterocycles. The minimum atomic E-state index is -0.203. The second-order valence-corrected chi connectivity index (χ2v) is 5.26. The average Bonchev–Trinajstić information content (AvgIpc) is 2.58. The summed E-state index contributed by atoms with van der Waals surface area (Å²) in [5.41, 5.74) is 2.19. The van der Waals surface area contributed by atoms with Crippen molar-refractivity contribution in [3.05, 3.63) is 65.5 Å². The number of carbonyl (C=O) groups is 2. The van der Waals surface area contributed by atoms with E-state index in [1.54, 1.807) is 32.4 Å². The number of hydrogen-bond acceptors (Lipinski definition) is 3. The maximum Gasteiger partial charge on any atom is 0.317 e. The summed E-state index contributed by atoms with van der Waals surface area (Å²) in [6.07, 6.45) is 1.56. The molecule has 6 nitrogen and oxygen atoms in total. The van der Waals surface area contributed by atoms with E-state index >= 15 is 0 Å². The molecule has 0 aliphatic carbocycles. The second kappa shape index (κ2) is 7.93. The highest BCUT2D eigenvalue weighted by atomic mass is 16.2. The minimum absolute atomic E-state index is 0.170. The van der Waals surface area contributed by atoms with Crippen molar-refractivity contribution in [2.75, 3.05) is 14.1 Å². The predicted molar refractivity (Wildman–Crippen MR) is 87.8 cm³/mol. The lowest BCUT2D eigenvalue weighted by Crippen LogP contribution is -2.34. The molecule has 6 heteroatoms. The molecule has 3 amide bonds. The van der Waals surface area contributed by atoms with Crippen LogP contribution in [0.1, 0.15) is 21.6 Å². The third-order valence-corrected chi connectivity index (χ3v) is 3.20. The van der Waals surface area contributed by atoms with Crippen LogP contribution >= 0.6 is 0 Å². The molecule has 0 spiro atoms. The van der Waals surface area contributed by atoms with E-state index in [0.29, 0.717) is 17.8 Å². The Morgan fingerprint density at radius 3 is 2.48 bits per heavy atom. The van der Waals surface area contributed by atoms with Gasteiger partial charge in [-0.2, -0.15) is 0 Å². The molecular weight excluding hydrogens is 292 g/mol. The summed E-state index contributed by atoms with van der Waals surface area (Å²) in [5.74, 6) is -0.170. The lowest BCUT2D eigenvalue weighted by atomic mass is 10.2. The van der Waals surface area contributed by atoms with Crippen LogP contribution in [0.15, 0.2) is 48.7 Å². The van der Waals surface area contributed by atoms with Gasteiger partial charge < -0.3 is 15.5 Å². The number of benzene rings is 1. The number of hydrogen-bond donors (Lipinski definition) is 2. The van der Waals surface area contributed by atoms with Crippen LogP contribution in [0.4, 0.5) is 4.79 Å². The minimum Gasteiger partial charge on any atom is -0.348 e. The van der Waals surface area contributed by atoms with Gasteiger partial charge in [-0.25, -0.2) is 4.79 Å². The summed E-state index contributed by atoms with van der Waals surface area (Å²) < 4.78 is 0. The first-order valence-electron chi connectivity index (χ1n) is 7.28. The number of carbonyl (C=O) groups excluding carboxylic acids is 2. The lowest BCUT2D eigenvalue weighted by Gasteiger charge is -2.12. The fourth-order valence-corrected chi connectivity index (χ4v) is 1.92. The Morgan fingerprint density at radius 2 is 1.78 bits per heavy atom. The van der Waals surface area contributed by atoms with Crippen molar-refractivity contribution in [2.24, 2.45) is 0 Å². The van der Waals surface area contributed by atoms with Gasteiger partial charge in [0.15, 0.2) is 0 Å². The fraction of sp³-hybridized carbons (Fsp3) is 0.235. The maximum absolute atomic E-state index is 12.2. The topological polar surface area (TPSA) is 74.3 Å². The summed E-state index contributed by atoms with van der Waals surface area (Å²) in [6, 6.07) is 12.8. The molecule has 1 aromatic carbocycles. The van der Waals surface area contributed by atoms with Gasteiger partial charge in [-0.15, -0.1) is 0 Å². The smallest absolute Gasteiger partial charge is 0.317 e. The Morgan fingerprint density at radius 1 is 1.04 bits per heavy atom. The van der Waals surface area contributed by atoms with Crippen molar-refractivity contribution < 1.29 is 9.59 Å². The first kappa shape index (κ1) is 16.5. The largest absolute Gasteiger partial charge is 0.348 e. The van der Waals surface area contributed by atoms with Crippen LogP contribution in [0, 0.1) is 0 Å². The molecule has 2 N–H and O–H groups in total. The van der Waals surface area contributed by atoms with E-state index in [-0.39, 0.29) is 18.5 Å². The lowest BCUT2D eigenvalue weighted by molar-refractivity contribution is 0.0950. The highest BCUT2D eigenvalue weighted by Crippen LogP contribution is 2.04. The number of nitrogens with zero attached hydrogens (tertiary/aromatic N) is 2. The van der Waals surface area contributed by atoms with Gasteiger partial charge in [0.05, 0.1) is 12.2 Å². The Bertz CT molecular complexity index is 671. The summed E-state index contributed by atoms with van der Waals surface area (Å²) >= 11 is 0. The van der Waals surface area contributed by atoms with Crippen LogP contribution in [0.25, 0.3) is 0 Å². The molecule has 0 aliphatic rings. The van der Waals surface area contributed by atoms with Crippen LogP contribution in [0.5, 0.6) is 0 Å². The van der Waals surface area contributed by atoms with Crippen molar-refractivity contribution >= 4 is 11.9 Å². The van der Waals surface area contributed by atoms with E-state index in [1.165, 1.54) is 4.90 Å². The Kier molecular flexibility index (Phi) is 5.68. The summed E-state index contributed by atoms with van der Waals surface area (Å²) in [7, 11) is 3.33. The number of aromatic nitrogens is 1. The number of urea groups is 1. The third-order valence-electron chi connectivity index (χ3n) is 3.20. The highest BCUT2D eigenvalue weighted by Gasteiger charge is 2.08. The highest BCUT2D eigenvalue weighted by molar-refractivity contribution is 5.94. The predicted octanol–water partition coefficient (Wildman–Crippen LogP) is 1.78. The van der Waals surface area contributed by atoms with Crippen LogP contribution in [-0.2, 0) is 13.1 Å². The number of pyridine rings is 1. The SMILES string of the molecule is CN(C)C(=O)NCc1cc(C(=O)NCc2ccccc2)ccn1. The van der Waals surface area contributed by atoms with Crippen molar-refractivity contribution in [2.45, 2.75) is 13.1 Å². The molecule has 2 aromatic rings. The van der Waals surface area contributed by atoms with Gasteiger partial charge in [-0.1, -0.05) is 30.3 Å². The van der Waals surface area contributed by atoms with Crippen molar-refractivity contribution in [1.29, 1.82) is 0 Å². The zero-order valence-corrected chi connectivity index (χ0v) is 13.2. The molecule has 23 heavy (non-hydrogen) atoms. The maximum atomic E-state index is 12.2. The Labute approximate surface area is 135 Å². The summed E-state index contributed by atoms with van der Waals surface area (Å²) in [6.45, 7) is 0.742. The van der Waals surface area contributed by atoms with Crippen LogP contribution in [-0.4, -0.2) is 35.9 Å². The van der Waals surface area contributed by atoms with Gasteiger partial charge in [0.25, 0.3) is 5.91 Å². The van der Waals surface area contributed by atoms with E-state index in [9.17, 15) is 9.59 Å². The molecule has 0 radical (unpaired) electrons. The molecule has 0 fully saturated rings. The first-order chi connectivity index (χ1) is 11.1. The van der Waals surface area contributed by atoms with Gasteiger partial charge in [0.2, 0.25) is 0 Å². The molecule has 0 atom stereocenters. The molecule has 1 heterocycles. The van der Waals surface area contributed by atoms with Gasteiger partial charge in [-0.3, -0.25) is 9.78 Å². The average molecular weight is 312 g/mol. The quantitative estimate of drug-likeness (QED) is 0.884. The number of rotatable bonds is 5. The summed E-state index contributed by atoms with van der Waals surface area (Å²) in [5, 5.41) is 5.58. The van der Waals surface area contributed by atoms with Crippen molar-refractivity contribution in [3.8, 4) is 0 Å². The van der Waals surface area contributed by atoms with Gasteiger partial charge in [0, 0.05) is 32.4 Å². The Balaban J connectivity index is 1.93. The molecule has 120 valence electrons. The van der Waals surface area contributed by atoms with E-state index < -0.39 is 0 Å². The van der Waals surface area contributed by atoms with Gasteiger partial charge in [0.1, 0.15) is 0 Å². The Hall–Kier alpha value is -2.89. The number of amides is 3. The van der Waals surface area contributed by atoms with Crippen LogP contribution in [0.3, 0.4) is 0 Å². The fourth-order valence-electron chi connectivity index (χ4n) is 1.92. The van der Waals surface area contributed by atoms with E-state index in [0.717, 1.165) is 5.56 Å². The molecule has 2 rings (SSSR count). The molecular formula is C17H20N4O2. The van der Waals surface area contributed by atoms with E-state index in [2.05, 4.69) is 15.6 Å².